The fraction of sp³-hybridized carbons (Fsp3) is 0.500. The topological polar surface area (TPSA) is 53.7 Å². The Balaban J connectivity index is 1.81. The number of fused-ring (bicyclic) bond motifs is 1. The van der Waals surface area contributed by atoms with Crippen LogP contribution in [0.2, 0.25) is 0 Å². The zero-order valence-corrected chi connectivity index (χ0v) is 16.7. The van der Waals surface area contributed by atoms with E-state index in [1.807, 2.05) is 19.1 Å². The van der Waals surface area contributed by atoms with Gasteiger partial charge in [0, 0.05) is 19.5 Å². The summed E-state index contributed by atoms with van der Waals surface area (Å²) >= 11 is 1.47. The predicted octanol–water partition coefficient (Wildman–Crippen LogP) is 4.27. The van der Waals surface area contributed by atoms with Gasteiger partial charge in [0.15, 0.2) is 5.82 Å². The van der Waals surface area contributed by atoms with Gasteiger partial charge in [-0.3, -0.25) is 4.90 Å². The van der Waals surface area contributed by atoms with Crippen LogP contribution in [0.15, 0.2) is 24.3 Å². The van der Waals surface area contributed by atoms with Crippen LogP contribution < -0.4 is 0 Å². The monoisotopic (exact) mass is 388 g/mol. The molecule has 0 saturated carbocycles. The van der Waals surface area contributed by atoms with Crippen LogP contribution in [0.1, 0.15) is 49.5 Å². The summed E-state index contributed by atoms with van der Waals surface area (Å²) in [5.74, 6) is 1.77. The standard InChI is InChI=1S/C20H25FN4OS/c1-4-16-22-20-25(23-16)19(26)18(27-20)17(14-5-7-15(21)8-6-14)24-10-12(2)9-13(3)11-24/h5-8,12-13,17,26H,4,9-11H2,1-3H3/t12-,13-,17+/m0/s1. The van der Waals surface area contributed by atoms with Crippen molar-refractivity contribution in [1.82, 2.24) is 19.5 Å². The number of likely N-dealkylation sites (tertiary alicyclic amines) is 1. The number of benzene rings is 1. The van der Waals surface area contributed by atoms with Gasteiger partial charge in [0.25, 0.3) is 0 Å². The van der Waals surface area contributed by atoms with Gasteiger partial charge in [-0.25, -0.2) is 9.37 Å². The Morgan fingerprint density at radius 3 is 2.48 bits per heavy atom. The van der Waals surface area contributed by atoms with Crippen LogP contribution in [0.25, 0.3) is 4.96 Å². The van der Waals surface area contributed by atoms with Crippen molar-refractivity contribution in [3.63, 3.8) is 0 Å². The first kappa shape index (κ1) is 18.4. The van der Waals surface area contributed by atoms with Crippen LogP contribution >= 0.6 is 11.3 Å². The number of aromatic nitrogens is 3. The summed E-state index contributed by atoms with van der Waals surface area (Å²) < 4.78 is 15.0. The quantitative estimate of drug-likeness (QED) is 0.725. The van der Waals surface area contributed by atoms with Crippen LogP contribution in [0.5, 0.6) is 5.88 Å². The molecule has 144 valence electrons. The lowest BCUT2D eigenvalue weighted by Crippen LogP contribution is -2.41. The number of hydrogen-bond acceptors (Lipinski definition) is 5. The Morgan fingerprint density at radius 1 is 1.22 bits per heavy atom. The minimum Gasteiger partial charge on any atom is -0.492 e. The Kier molecular flexibility index (Phi) is 4.90. The molecule has 1 aliphatic heterocycles. The van der Waals surface area contributed by atoms with Crippen molar-refractivity contribution in [2.24, 2.45) is 11.8 Å². The molecule has 2 aromatic heterocycles. The van der Waals surface area contributed by atoms with Gasteiger partial charge in [0.1, 0.15) is 5.82 Å². The highest BCUT2D eigenvalue weighted by atomic mass is 32.1. The van der Waals surface area contributed by atoms with Gasteiger partial charge in [0.2, 0.25) is 10.8 Å². The molecule has 3 aromatic rings. The summed E-state index contributed by atoms with van der Waals surface area (Å²) in [4.78, 5) is 8.43. The third-order valence-corrected chi connectivity index (χ3v) is 6.33. The molecule has 1 fully saturated rings. The van der Waals surface area contributed by atoms with E-state index in [4.69, 9.17) is 0 Å². The first-order chi connectivity index (χ1) is 13.0. The lowest BCUT2D eigenvalue weighted by Gasteiger charge is -2.40. The summed E-state index contributed by atoms with van der Waals surface area (Å²) in [6.45, 7) is 8.41. The van der Waals surface area contributed by atoms with Gasteiger partial charge in [0.05, 0.1) is 10.9 Å². The number of aromatic hydroxyl groups is 1. The highest BCUT2D eigenvalue weighted by Gasteiger charge is 2.33. The van der Waals surface area contributed by atoms with Gasteiger partial charge in [-0.2, -0.15) is 4.52 Å². The molecule has 0 bridgehead atoms. The third kappa shape index (κ3) is 3.46. The first-order valence-corrected chi connectivity index (χ1v) is 10.3. The number of nitrogens with zero attached hydrogens (tertiary/aromatic N) is 4. The second-order valence-electron chi connectivity index (χ2n) is 7.72. The molecule has 27 heavy (non-hydrogen) atoms. The van der Waals surface area contributed by atoms with E-state index < -0.39 is 0 Å². The molecule has 5 nitrogen and oxygen atoms in total. The van der Waals surface area contributed by atoms with E-state index in [1.54, 1.807) is 0 Å². The molecule has 0 aliphatic carbocycles. The van der Waals surface area contributed by atoms with Crippen molar-refractivity contribution < 1.29 is 9.50 Å². The summed E-state index contributed by atoms with van der Waals surface area (Å²) in [5, 5.41) is 15.3. The molecule has 0 spiro atoms. The van der Waals surface area contributed by atoms with Crippen molar-refractivity contribution in [2.45, 2.75) is 39.7 Å². The molecule has 0 radical (unpaired) electrons. The molecule has 1 aliphatic rings. The number of rotatable bonds is 4. The fourth-order valence-corrected chi connectivity index (χ4v) is 5.35. The molecule has 3 atom stereocenters. The average Bonchev–Trinajstić information content (AvgIpc) is 3.16. The molecule has 1 saturated heterocycles. The smallest absolute Gasteiger partial charge is 0.230 e. The zero-order chi connectivity index (χ0) is 19.1. The first-order valence-electron chi connectivity index (χ1n) is 9.53. The minimum absolute atomic E-state index is 0.130. The molecule has 7 heteroatoms. The molecular formula is C20H25FN4OS. The molecular weight excluding hydrogens is 363 g/mol. The van der Waals surface area contributed by atoms with Crippen molar-refractivity contribution >= 4 is 16.3 Å². The zero-order valence-electron chi connectivity index (χ0n) is 15.9. The van der Waals surface area contributed by atoms with Gasteiger partial charge < -0.3 is 5.11 Å². The van der Waals surface area contributed by atoms with Crippen LogP contribution in [0, 0.1) is 17.7 Å². The van der Waals surface area contributed by atoms with Gasteiger partial charge in [-0.15, -0.1) is 5.10 Å². The van der Waals surface area contributed by atoms with E-state index in [2.05, 4.69) is 28.8 Å². The Hall–Kier alpha value is -1.99. The Bertz CT molecular complexity index is 926. The van der Waals surface area contributed by atoms with E-state index in [0.717, 1.165) is 35.8 Å². The van der Waals surface area contributed by atoms with Crippen molar-refractivity contribution in [1.29, 1.82) is 0 Å². The number of piperidine rings is 1. The Morgan fingerprint density at radius 2 is 1.89 bits per heavy atom. The Labute approximate surface area is 162 Å². The van der Waals surface area contributed by atoms with E-state index >= 15 is 0 Å². The number of thiazole rings is 1. The van der Waals surface area contributed by atoms with Gasteiger partial charge in [-0.05, 0) is 36.0 Å². The maximum atomic E-state index is 13.5. The normalized spacial score (nSPS) is 22.4. The predicted molar refractivity (Wildman–Crippen MR) is 105 cm³/mol. The molecule has 3 heterocycles. The molecule has 1 N–H and O–H groups in total. The lowest BCUT2D eigenvalue weighted by atomic mass is 9.89. The molecule has 0 unspecified atom stereocenters. The summed E-state index contributed by atoms with van der Waals surface area (Å²) in [6, 6.07) is 6.48. The summed E-state index contributed by atoms with van der Waals surface area (Å²) in [7, 11) is 0. The van der Waals surface area contributed by atoms with Crippen molar-refractivity contribution in [3.05, 3.63) is 46.3 Å². The third-order valence-electron chi connectivity index (χ3n) is 5.26. The number of hydrogen-bond donors (Lipinski definition) is 1. The highest BCUT2D eigenvalue weighted by molar-refractivity contribution is 7.17. The minimum atomic E-state index is -0.252. The largest absolute Gasteiger partial charge is 0.492 e. The average molecular weight is 389 g/mol. The van der Waals surface area contributed by atoms with E-state index in [-0.39, 0.29) is 17.7 Å². The number of aryl methyl sites for hydroxylation is 1. The SMILES string of the molecule is CCc1nc2sc([C@@H](c3ccc(F)cc3)N3C[C@@H](C)C[C@H](C)C3)c(O)n2n1. The number of halogens is 1. The second-order valence-corrected chi connectivity index (χ2v) is 8.73. The fourth-order valence-electron chi connectivity index (χ4n) is 4.21. The maximum absolute atomic E-state index is 13.5. The van der Waals surface area contributed by atoms with Crippen LogP contribution in [-0.2, 0) is 6.42 Å². The maximum Gasteiger partial charge on any atom is 0.230 e. The highest BCUT2D eigenvalue weighted by Crippen LogP contribution is 2.42. The molecule has 4 rings (SSSR count). The molecule has 0 amide bonds. The van der Waals surface area contributed by atoms with Gasteiger partial charge >= 0.3 is 0 Å². The second kappa shape index (κ2) is 7.20. The van der Waals surface area contributed by atoms with Crippen molar-refractivity contribution in [2.75, 3.05) is 13.1 Å². The summed E-state index contributed by atoms with van der Waals surface area (Å²) in [6.07, 6.45) is 1.93. The van der Waals surface area contributed by atoms with Gasteiger partial charge in [-0.1, -0.05) is 44.2 Å². The van der Waals surface area contributed by atoms with E-state index in [9.17, 15) is 9.50 Å². The summed E-state index contributed by atoms with van der Waals surface area (Å²) in [5.41, 5.74) is 0.980. The van der Waals surface area contributed by atoms with Crippen LogP contribution in [0.4, 0.5) is 4.39 Å². The lowest BCUT2D eigenvalue weighted by molar-refractivity contribution is 0.112. The molecule has 1 aromatic carbocycles. The van der Waals surface area contributed by atoms with Crippen molar-refractivity contribution in [3.8, 4) is 5.88 Å². The van der Waals surface area contributed by atoms with E-state index in [0.29, 0.717) is 16.8 Å². The van der Waals surface area contributed by atoms with Crippen LogP contribution in [-0.4, -0.2) is 37.7 Å². The van der Waals surface area contributed by atoms with Crippen LogP contribution in [0.3, 0.4) is 0 Å². The van der Waals surface area contributed by atoms with E-state index in [1.165, 1.54) is 34.4 Å².